The van der Waals surface area contributed by atoms with Gasteiger partial charge in [-0.2, -0.15) is 25.3 Å². The molecule has 3 heterocycles. The predicted octanol–water partition coefficient (Wildman–Crippen LogP) is 7.02. The van der Waals surface area contributed by atoms with Gasteiger partial charge in [0.25, 0.3) is 30.4 Å². The fraction of sp³-hybridized carbons (Fsp3) is 0.444. The summed E-state index contributed by atoms with van der Waals surface area (Å²) in [5, 5.41) is 1.13. The van der Waals surface area contributed by atoms with E-state index in [2.05, 4.69) is 13.8 Å². The highest BCUT2D eigenvalue weighted by molar-refractivity contribution is 7.86. The van der Waals surface area contributed by atoms with Crippen molar-refractivity contribution in [3.63, 3.8) is 0 Å². The van der Waals surface area contributed by atoms with Crippen LogP contribution in [0.25, 0.3) is 0 Å². The lowest BCUT2D eigenvalue weighted by Gasteiger charge is -2.27. The van der Waals surface area contributed by atoms with Gasteiger partial charge in [-0.05, 0) is 110 Å². The molecule has 1 aromatic carbocycles. The summed E-state index contributed by atoms with van der Waals surface area (Å²) in [5.74, 6) is 0.0434. The van der Waals surface area contributed by atoms with Crippen molar-refractivity contribution < 1.29 is 43.5 Å². The molecular weight excluding hydrogens is 786 g/mol. The first-order valence-corrected chi connectivity index (χ1v) is 22.5. The first-order valence-electron chi connectivity index (χ1n) is 17.1. The molecule has 0 saturated carbocycles. The minimum absolute atomic E-state index is 0.222. The van der Waals surface area contributed by atoms with Crippen LogP contribution in [-0.2, 0) is 47.7 Å². The number of hydrogen-bond donors (Lipinski definition) is 3. The van der Waals surface area contributed by atoms with Crippen molar-refractivity contribution >= 4 is 70.8 Å². The second-order valence-electron chi connectivity index (χ2n) is 14.5. The third kappa shape index (κ3) is 9.50. The van der Waals surface area contributed by atoms with Gasteiger partial charge in [-0.3, -0.25) is 13.7 Å². The van der Waals surface area contributed by atoms with Crippen LogP contribution in [0, 0.1) is 0 Å². The number of hydrogen-bond acceptors (Lipinski definition) is 8. The number of anilines is 1. The third-order valence-electron chi connectivity index (χ3n) is 9.97. The van der Waals surface area contributed by atoms with Crippen molar-refractivity contribution in [2.45, 2.75) is 88.5 Å². The van der Waals surface area contributed by atoms with E-state index >= 15 is 0 Å². The summed E-state index contributed by atoms with van der Waals surface area (Å²) in [5.41, 5.74) is 4.65. The molecule has 3 aliphatic rings. The SMILES string of the molecule is CC1(C)C(/C=C/C2=C(Cl)C(=C/C=C3\N(CCCCS(=O)(=O)O)c4ccc(S(=O)(=O)O)cc4C3(C)C)/CC2)=Nc2c1cc(Cl)c[n+]2CCCCS(=O)(=O)O. The van der Waals surface area contributed by atoms with Crippen LogP contribution < -0.4 is 9.47 Å². The molecule has 1 aromatic heterocycles. The highest BCUT2D eigenvalue weighted by atomic mass is 35.5. The second-order valence-corrected chi connectivity index (χ2v) is 19.9. The number of pyridine rings is 1. The number of benzene rings is 1. The number of aliphatic imine (C=N–C) groups is 1. The van der Waals surface area contributed by atoms with E-state index in [0.717, 1.165) is 39.6 Å². The van der Waals surface area contributed by atoms with Gasteiger partial charge < -0.3 is 4.90 Å². The average molecular weight is 830 g/mol. The van der Waals surface area contributed by atoms with Crippen LogP contribution in [0.2, 0.25) is 5.02 Å². The number of unbranched alkanes of at least 4 members (excludes halogenated alkanes) is 2. The predicted molar refractivity (Wildman–Crippen MR) is 207 cm³/mol. The Morgan fingerprint density at radius 2 is 1.49 bits per heavy atom. The van der Waals surface area contributed by atoms with Crippen molar-refractivity contribution in [1.82, 2.24) is 0 Å². The van der Waals surface area contributed by atoms with Crippen LogP contribution in [0.3, 0.4) is 0 Å². The third-order valence-corrected chi connectivity index (χ3v) is 13.1. The summed E-state index contributed by atoms with van der Waals surface area (Å²) < 4.78 is 98.8. The normalized spacial score (nSPS) is 19.9. The Balaban J connectivity index is 1.41. The number of aromatic nitrogens is 1. The molecule has 0 saturated heterocycles. The smallest absolute Gasteiger partial charge is 0.327 e. The molecule has 0 radical (unpaired) electrons. The molecule has 12 nitrogen and oxygen atoms in total. The van der Waals surface area contributed by atoms with E-state index in [4.69, 9.17) is 32.7 Å². The van der Waals surface area contributed by atoms with Crippen LogP contribution in [-0.4, -0.2) is 62.7 Å². The van der Waals surface area contributed by atoms with E-state index in [-0.39, 0.29) is 22.8 Å². The van der Waals surface area contributed by atoms with Gasteiger partial charge in [-0.25, -0.2) is 4.57 Å². The van der Waals surface area contributed by atoms with Gasteiger partial charge in [-0.1, -0.05) is 49.2 Å². The van der Waals surface area contributed by atoms with Crippen LogP contribution in [0.4, 0.5) is 11.5 Å². The Kier molecular flexibility index (Phi) is 11.9. The molecule has 5 rings (SSSR count). The topological polar surface area (TPSA) is 183 Å². The molecule has 53 heavy (non-hydrogen) atoms. The molecule has 1 aliphatic carbocycles. The second kappa shape index (κ2) is 15.3. The van der Waals surface area contributed by atoms with Crippen molar-refractivity contribution in [3.05, 3.63) is 92.8 Å². The van der Waals surface area contributed by atoms with Gasteiger partial charge in [0.05, 0.1) is 38.9 Å². The van der Waals surface area contributed by atoms with E-state index in [9.17, 15) is 34.4 Å². The first kappa shape index (κ1) is 41.3. The largest absolute Gasteiger partial charge is 0.344 e. The fourth-order valence-electron chi connectivity index (χ4n) is 7.04. The van der Waals surface area contributed by atoms with Crippen LogP contribution in [0.15, 0.2) is 86.5 Å². The van der Waals surface area contributed by atoms with Gasteiger partial charge in [0.2, 0.25) is 0 Å². The Bertz CT molecular complexity index is 2310. The van der Waals surface area contributed by atoms with E-state index in [1.807, 2.05) is 53.7 Å². The van der Waals surface area contributed by atoms with Gasteiger partial charge in [-0.15, -0.1) is 0 Å². The fourth-order valence-corrected chi connectivity index (χ4v) is 9.23. The van der Waals surface area contributed by atoms with E-state index in [1.165, 1.54) is 12.1 Å². The first-order chi connectivity index (χ1) is 24.5. The Labute approximate surface area is 321 Å². The zero-order valence-corrected chi connectivity index (χ0v) is 33.8. The number of rotatable bonds is 14. The summed E-state index contributed by atoms with van der Waals surface area (Å²) >= 11 is 13.4. The molecule has 0 amide bonds. The molecule has 0 spiro atoms. The Hall–Kier alpha value is -2.89. The lowest BCUT2D eigenvalue weighted by Crippen LogP contribution is -2.35. The summed E-state index contributed by atoms with van der Waals surface area (Å²) in [6, 6.07) is 6.31. The number of nitrogens with zero attached hydrogens (tertiary/aromatic N) is 3. The van der Waals surface area contributed by atoms with Crippen LogP contribution >= 0.6 is 23.2 Å². The zero-order chi connectivity index (χ0) is 39.1. The minimum atomic E-state index is -4.45. The molecule has 17 heteroatoms. The van der Waals surface area contributed by atoms with Gasteiger partial charge >= 0.3 is 5.82 Å². The zero-order valence-electron chi connectivity index (χ0n) is 29.9. The van der Waals surface area contributed by atoms with Crippen molar-refractivity contribution in [2.75, 3.05) is 23.0 Å². The molecule has 0 atom stereocenters. The van der Waals surface area contributed by atoms with E-state index in [1.54, 1.807) is 12.3 Å². The molecule has 0 fully saturated rings. The maximum atomic E-state index is 12.0. The molecule has 0 unspecified atom stereocenters. The number of aryl methyl sites for hydroxylation is 1. The number of fused-ring (bicyclic) bond motifs is 2. The Morgan fingerprint density at radius 3 is 2.13 bits per heavy atom. The number of allylic oxidation sites excluding steroid dienone is 8. The average Bonchev–Trinajstić information content (AvgIpc) is 3.59. The maximum Gasteiger partial charge on any atom is 0.327 e. The summed E-state index contributed by atoms with van der Waals surface area (Å²) in [6.07, 6.45) is 12.4. The van der Waals surface area contributed by atoms with Crippen molar-refractivity contribution in [1.29, 1.82) is 0 Å². The van der Waals surface area contributed by atoms with Gasteiger partial charge in [0, 0.05) is 28.4 Å². The highest BCUT2D eigenvalue weighted by Crippen LogP contribution is 2.49. The monoisotopic (exact) mass is 828 g/mol. The Morgan fingerprint density at radius 1 is 0.830 bits per heavy atom. The standard InChI is InChI=1S/C36H43Cl2N3O9S3/c1-35(2)29-21-26(37)23-40(17-5-7-19-51(42,43)44)34(29)39-31(35)15-11-24-9-10-25(33(24)38)12-16-32-36(3,4)28-22-27(53(48,49)50)13-14-30(28)41(32)18-6-8-20-52(45,46)47/h11-16,21-23H,5-10,17-20H2,1-4H3,(H2-,42,43,44,45,46,47,48,49,50)/p+1. The van der Waals surface area contributed by atoms with Crippen molar-refractivity contribution in [2.24, 2.45) is 4.99 Å². The molecule has 2 aliphatic heterocycles. The highest BCUT2D eigenvalue weighted by Gasteiger charge is 2.43. The van der Waals surface area contributed by atoms with E-state index < -0.39 is 41.2 Å². The molecule has 0 bridgehead atoms. The molecule has 288 valence electrons. The van der Waals surface area contributed by atoms with Crippen LogP contribution in [0.1, 0.15) is 77.3 Å². The molecular formula is C36H44Cl2N3O9S3+. The quantitative estimate of drug-likeness (QED) is 0.102. The summed E-state index contributed by atoms with van der Waals surface area (Å²) in [6.45, 7) is 8.87. The summed E-state index contributed by atoms with van der Waals surface area (Å²) in [7, 11) is -12.6. The number of halogens is 2. The maximum absolute atomic E-state index is 12.0. The lowest BCUT2D eigenvalue weighted by molar-refractivity contribution is -0.684. The molecule has 2 aromatic rings. The minimum Gasteiger partial charge on any atom is -0.344 e. The lowest BCUT2D eigenvalue weighted by atomic mass is 9.82. The van der Waals surface area contributed by atoms with Gasteiger partial charge in [0.15, 0.2) is 5.71 Å². The van der Waals surface area contributed by atoms with Crippen molar-refractivity contribution in [3.8, 4) is 0 Å². The summed E-state index contributed by atoms with van der Waals surface area (Å²) in [4.78, 5) is 6.73. The van der Waals surface area contributed by atoms with Crippen LogP contribution in [0.5, 0.6) is 0 Å². The van der Waals surface area contributed by atoms with E-state index in [0.29, 0.717) is 60.8 Å². The molecule has 3 N–H and O–H groups in total. The van der Waals surface area contributed by atoms with Gasteiger partial charge in [0.1, 0.15) is 6.20 Å².